The monoisotopic (exact) mass is 358 g/mol. The second-order valence-corrected chi connectivity index (χ2v) is 9.02. The minimum Gasteiger partial charge on any atom is -0.375 e. The number of likely N-dealkylation sites (tertiary alicyclic amines) is 1. The van der Waals surface area contributed by atoms with Crippen LogP contribution >= 0.6 is 0 Å². The molecule has 1 saturated carbocycles. The molecule has 2 N–H and O–H groups in total. The van der Waals surface area contributed by atoms with Crippen LogP contribution in [-0.4, -0.2) is 40.6 Å². The van der Waals surface area contributed by atoms with E-state index < -0.39 is 5.60 Å². The topological polar surface area (TPSA) is 52.6 Å². The van der Waals surface area contributed by atoms with Crippen molar-refractivity contribution in [3.63, 3.8) is 0 Å². The molecular formula is C22H34N2O2. The lowest BCUT2D eigenvalue weighted by atomic mass is 9.79. The van der Waals surface area contributed by atoms with Crippen LogP contribution in [0.4, 0.5) is 0 Å². The second kappa shape index (κ2) is 7.69. The van der Waals surface area contributed by atoms with Gasteiger partial charge in [-0.3, -0.25) is 9.69 Å². The van der Waals surface area contributed by atoms with E-state index in [1.165, 1.54) is 0 Å². The van der Waals surface area contributed by atoms with Crippen molar-refractivity contribution in [2.75, 3.05) is 13.1 Å². The van der Waals surface area contributed by atoms with Gasteiger partial charge in [0.1, 0.15) is 0 Å². The molecule has 0 radical (unpaired) electrons. The number of carbonyl (C=O) groups excluding carboxylic acids is 1. The van der Waals surface area contributed by atoms with Crippen molar-refractivity contribution in [1.82, 2.24) is 10.2 Å². The largest absolute Gasteiger partial charge is 0.375 e. The Morgan fingerprint density at radius 1 is 1.04 bits per heavy atom. The van der Waals surface area contributed by atoms with Gasteiger partial charge < -0.3 is 10.4 Å². The number of nitrogens with zero attached hydrogens (tertiary/aromatic N) is 1. The number of hydrogen-bond acceptors (Lipinski definition) is 3. The molecular weight excluding hydrogens is 324 g/mol. The summed E-state index contributed by atoms with van der Waals surface area (Å²) in [5.41, 5.74) is -0.501. The van der Waals surface area contributed by atoms with Crippen LogP contribution in [0.1, 0.15) is 64.9 Å². The van der Waals surface area contributed by atoms with Crippen molar-refractivity contribution < 1.29 is 9.90 Å². The lowest BCUT2D eigenvalue weighted by Crippen LogP contribution is -2.55. The van der Waals surface area contributed by atoms with Gasteiger partial charge in [-0.1, -0.05) is 43.2 Å². The van der Waals surface area contributed by atoms with Crippen molar-refractivity contribution in [2.24, 2.45) is 5.92 Å². The first-order valence-electron chi connectivity index (χ1n) is 10.2. The summed E-state index contributed by atoms with van der Waals surface area (Å²) in [4.78, 5) is 15.7. The summed E-state index contributed by atoms with van der Waals surface area (Å²) in [5, 5.41) is 14.7. The van der Waals surface area contributed by atoms with Gasteiger partial charge in [0.25, 0.3) is 5.91 Å². The Kier molecular flexibility index (Phi) is 5.73. The lowest BCUT2D eigenvalue weighted by molar-refractivity contribution is -0.148. The van der Waals surface area contributed by atoms with Gasteiger partial charge in [-0.25, -0.2) is 0 Å². The number of nitrogens with one attached hydrogen (secondary N) is 1. The molecule has 1 saturated heterocycles. The minimum absolute atomic E-state index is 0.0135. The van der Waals surface area contributed by atoms with Crippen LogP contribution in [0.25, 0.3) is 0 Å². The zero-order chi connectivity index (χ0) is 18.8. The van der Waals surface area contributed by atoms with E-state index in [1.54, 1.807) is 0 Å². The van der Waals surface area contributed by atoms with Gasteiger partial charge in [0, 0.05) is 30.6 Å². The Labute approximate surface area is 158 Å². The van der Waals surface area contributed by atoms with E-state index in [1.807, 2.05) is 30.3 Å². The predicted molar refractivity (Wildman–Crippen MR) is 105 cm³/mol. The molecule has 1 aromatic carbocycles. The van der Waals surface area contributed by atoms with E-state index in [0.717, 1.165) is 57.2 Å². The quantitative estimate of drug-likeness (QED) is 0.867. The molecule has 1 aliphatic carbocycles. The van der Waals surface area contributed by atoms with Crippen molar-refractivity contribution in [2.45, 2.75) is 76.5 Å². The summed E-state index contributed by atoms with van der Waals surface area (Å²) in [6, 6.07) is 9.67. The second-order valence-electron chi connectivity index (χ2n) is 9.02. The SMILES string of the molecule is CC(C)(C)N1CCC(NC(=O)[C@](O)(c2ccccc2)C2CCCC2)CC1. The molecule has 4 nitrogen and oxygen atoms in total. The van der Waals surface area contributed by atoms with Crippen molar-refractivity contribution in [3.8, 4) is 0 Å². The van der Waals surface area contributed by atoms with Gasteiger partial charge in [-0.2, -0.15) is 0 Å². The van der Waals surface area contributed by atoms with E-state index in [-0.39, 0.29) is 23.4 Å². The highest BCUT2D eigenvalue weighted by atomic mass is 16.3. The smallest absolute Gasteiger partial charge is 0.257 e. The Morgan fingerprint density at radius 3 is 2.15 bits per heavy atom. The zero-order valence-corrected chi connectivity index (χ0v) is 16.5. The van der Waals surface area contributed by atoms with E-state index in [0.29, 0.717) is 0 Å². The summed E-state index contributed by atoms with van der Waals surface area (Å²) in [7, 11) is 0. The maximum Gasteiger partial charge on any atom is 0.257 e. The van der Waals surface area contributed by atoms with Crippen LogP contribution < -0.4 is 5.32 Å². The highest BCUT2D eigenvalue weighted by molar-refractivity contribution is 5.87. The first-order chi connectivity index (χ1) is 12.3. The van der Waals surface area contributed by atoms with E-state index in [4.69, 9.17) is 0 Å². The fraction of sp³-hybridized carbons (Fsp3) is 0.682. The van der Waals surface area contributed by atoms with Gasteiger partial charge in [0.15, 0.2) is 5.60 Å². The molecule has 1 atom stereocenters. The van der Waals surface area contributed by atoms with Crippen LogP contribution in [0, 0.1) is 5.92 Å². The summed E-state index contributed by atoms with van der Waals surface area (Å²) >= 11 is 0. The fourth-order valence-electron chi connectivity index (χ4n) is 4.58. The number of aliphatic hydroxyl groups is 1. The average molecular weight is 359 g/mol. The minimum atomic E-state index is -1.40. The maximum atomic E-state index is 13.2. The van der Waals surface area contributed by atoms with Crippen LogP contribution in [0.2, 0.25) is 0 Å². The molecule has 3 rings (SSSR count). The number of rotatable bonds is 4. The molecule has 0 aromatic heterocycles. The standard InChI is InChI=1S/C22H34N2O2/c1-21(2,3)24-15-13-19(14-16-24)23-20(25)22(26,18-11-7-8-12-18)17-9-5-4-6-10-17/h4-6,9-10,18-19,26H,7-8,11-16H2,1-3H3,(H,23,25)/t22-/m0/s1. The Hall–Kier alpha value is -1.39. The maximum absolute atomic E-state index is 13.2. The highest BCUT2D eigenvalue weighted by Gasteiger charge is 2.47. The Balaban J connectivity index is 1.71. The molecule has 144 valence electrons. The summed E-state index contributed by atoms with van der Waals surface area (Å²) in [6.07, 6.45) is 5.91. The molecule has 2 fully saturated rings. The molecule has 26 heavy (non-hydrogen) atoms. The number of benzene rings is 1. The zero-order valence-electron chi connectivity index (χ0n) is 16.5. The summed E-state index contributed by atoms with van der Waals surface area (Å²) in [6.45, 7) is 8.68. The molecule has 0 spiro atoms. The fourth-order valence-corrected chi connectivity index (χ4v) is 4.58. The number of piperidine rings is 1. The number of hydrogen-bond donors (Lipinski definition) is 2. The van der Waals surface area contributed by atoms with E-state index in [2.05, 4.69) is 31.0 Å². The molecule has 1 aromatic rings. The lowest BCUT2D eigenvalue weighted by Gasteiger charge is -2.42. The Morgan fingerprint density at radius 2 is 1.62 bits per heavy atom. The molecule has 1 heterocycles. The van der Waals surface area contributed by atoms with Crippen LogP contribution in [0.15, 0.2) is 30.3 Å². The molecule has 2 aliphatic rings. The molecule has 0 unspecified atom stereocenters. The third-order valence-electron chi connectivity index (χ3n) is 6.28. The number of amides is 1. The van der Waals surface area contributed by atoms with Gasteiger partial charge in [-0.05, 0) is 52.0 Å². The first kappa shape index (κ1) is 19.4. The Bertz CT molecular complexity index is 596. The third-order valence-corrected chi connectivity index (χ3v) is 6.28. The molecule has 1 amide bonds. The number of carbonyl (C=O) groups is 1. The first-order valence-corrected chi connectivity index (χ1v) is 10.2. The van der Waals surface area contributed by atoms with Crippen molar-refractivity contribution >= 4 is 5.91 Å². The average Bonchev–Trinajstić information content (AvgIpc) is 3.16. The van der Waals surface area contributed by atoms with Gasteiger partial charge in [0.05, 0.1) is 0 Å². The third kappa shape index (κ3) is 3.96. The van der Waals surface area contributed by atoms with Crippen molar-refractivity contribution in [3.05, 3.63) is 35.9 Å². The van der Waals surface area contributed by atoms with E-state index >= 15 is 0 Å². The van der Waals surface area contributed by atoms with Gasteiger partial charge in [-0.15, -0.1) is 0 Å². The molecule has 4 heteroatoms. The van der Waals surface area contributed by atoms with Gasteiger partial charge in [0.2, 0.25) is 0 Å². The molecule has 1 aliphatic heterocycles. The molecule has 0 bridgehead atoms. The normalized spacial score (nSPS) is 22.9. The van der Waals surface area contributed by atoms with E-state index in [9.17, 15) is 9.90 Å². The summed E-state index contributed by atoms with van der Waals surface area (Å²) in [5.74, 6) is -0.190. The van der Waals surface area contributed by atoms with Crippen LogP contribution in [0.5, 0.6) is 0 Å². The predicted octanol–water partition coefficient (Wildman–Crippen LogP) is 3.44. The summed E-state index contributed by atoms with van der Waals surface area (Å²) < 4.78 is 0. The van der Waals surface area contributed by atoms with Crippen LogP contribution in [-0.2, 0) is 10.4 Å². The van der Waals surface area contributed by atoms with Crippen LogP contribution in [0.3, 0.4) is 0 Å². The van der Waals surface area contributed by atoms with Crippen molar-refractivity contribution in [1.29, 1.82) is 0 Å². The van der Waals surface area contributed by atoms with Gasteiger partial charge >= 0.3 is 0 Å². The highest BCUT2D eigenvalue weighted by Crippen LogP contribution is 2.41.